The normalized spacial score (nSPS) is 14.4. The van der Waals surface area contributed by atoms with E-state index in [1.807, 2.05) is 35.5 Å². The number of rotatable bonds is 6. The van der Waals surface area contributed by atoms with Gasteiger partial charge in [-0.25, -0.2) is 4.98 Å². The van der Waals surface area contributed by atoms with Crippen molar-refractivity contribution >= 4 is 5.91 Å². The van der Waals surface area contributed by atoms with Gasteiger partial charge in [-0.1, -0.05) is 12.1 Å². The van der Waals surface area contributed by atoms with Gasteiger partial charge < -0.3 is 14.2 Å². The molecule has 0 aliphatic carbocycles. The van der Waals surface area contributed by atoms with Crippen molar-refractivity contribution < 1.29 is 9.53 Å². The molecule has 0 atom stereocenters. The number of carbonyl (C=O) groups is 1. The highest BCUT2D eigenvalue weighted by molar-refractivity contribution is 5.78. The number of methoxy groups -OCH3 is 1. The topological polar surface area (TPSA) is 50.6 Å². The highest BCUT2D eigenvalue weighted by atomic mass is 16.5. The van der Waals surface area contributed by atoms with Crippen LogP contribution in [-0.2, 0) is 30.8 Å². The van der Waals surface area contributed by atoms with Crippen molar-refractivity contribution in [1.82, 2.24) is 19.4 Å². The monoisotopic (exact) mass is 370 g/mol. The van der Waals surface area contributed by atoms with Crippen molar-refractivity contribution in [2.75, 3.05) is 20.7 Å². The Labute approximate surface area is 161 Å². The van der Waals surface area contributed by atoms with Crippen LogP contribution in [0.5, 0.6) is 5.75 Å². The molecule has 6 nitrogen and oxygen atoms in total. The summed E-state index contributed by atoms with van der Waals surface area (Å²) in [6, 6.07) is 8.18. The number of ether oxygens (including phenoxy) is 1. The van der Waals surface area contributed by atoms with E-state index in [2.05, 4.69) is 35.3 Å². The van der Waals surface area contributed by atoms with Gasteiger partial charge in [0.25, 0.3) is 0 Å². The first kappa shape index (κ1) is 19.4. The largest absolute Gasteiger partial charge is 0.497 e. The molecule has 0 bridgehead atoms. The molecule has 6 heteroatoms. The van der Waals surface area contributed by atoms with E-state index in [-0.39, 0.29) is 5.91 Å². The molecule has 0 spiro atoms. The van der Waals surface area contributed by atoms with Crippen LogP contribution >= 0.6 is 0 Å². The number of hydrogen-bond donors (Lipinski definition) is 0. The zero-order valence-corrected chi connectivity index (χ0v) is 16.8. The van der Waals surface area contributed by atoms with Gasteiger partial charge in [0.15, 0.2) is 0 Å². The smallest absolute Gasteiger partial charge is 0.227 e. The van der Waals surface area contributed by atoms with Gasteiger partial charge in [-0.2, -0.15) is 0 Å². The predicted molar refractivity (Wildman–Crippen MR) is 106 cm³/mol. The lowest BCUT2D eigenvalue weighted by molar-refractivity contribution is -0.131. The average molecular weight is 370 g/mol. The summed E-state index contributed by atoms with van der Waals surface area (Å²) in [5.74, 6) is 0.974. The molecule has 3 rings (SSSR count). The minimum atomic E-state index is 0.165. The molecular weight excluding hydrogens is 340 g/mol. The number of nitrogens with zero attached hydrogens (tertiary/aromatic N) is 4. The third kappa shape index (κ3) is 4.69. The van der Waals surface area contributed by atoms with Crippen LogP contribution < -0.4 is 4.74 Å². The zero-order valence-electron chi connectivity index (χ0n) is 16.8. The minimum absolute atomic E-state index is 0.165. The van der Waals surface area contributed by atoms with Crippen LogP contribution in [-0.4, -0.2) is 52.0 Å². The third-order valence-corrected chi connectivity index (χ3v) is 5.35. The maximum absolute atomic E-state index is 12.9. The quantitative estimate of drug-likeness (QED) is 0.785. The van der Waals surface area contributed by atoms with Gasteiger partial charge in [0, 0.05) is 25.7 Å². The fraction of sp³-hybridized carbons (Fsp3) is 0.524. The zero-order chi connectivity index (χ0) is 19.4. The summed E-state index contributed by atoms with van der Waals surface area (Å²) in [7, 11) is 3.76. The van der Waals surface area contributed by atoms with Gasteiger partial charge in [-0.3, -0.25) is 9.69 Å². The lowest BCUT2D eigenvalue weighted by Gasteiger charge is -2.23. The first-order valence-electron chi connectivity index (χ1n) is 9.61. The summed E-state index contributed by atoms with van der Waals surface area (Å²) in [5.41, 5.74) is 3.26. The highest BCUT2D eigenvalue weighted by Gasteiger charge is 2.23. The van der Waals surface area contributed by atoms with Crippen LogP contribution in [0.3, 0.4) is 0 Å². The van der Waals surface area contributed by atoms with Gasteiger partial charge in [0.1, 0.15) is 5.75 Å². The Hall–Kier alpha value is -2.34. The van der Waals surface area contributed by atoms with Crippen LogP contribution in [0.4, 0.5) is 0 Å². The van der Waals surface area contributed by atoms with Crippen molar-refractivity contribution in [3.05, 3.63) is 47.5 Å². The average Bonchev–Trinajstić information content (AvgIpc) is 2.89. The fourth-order valence-corrected chi connectivity index (χ4v) is 3.31. The highest BCUT2D eigenvalue weighted by Crippen LogP contribution is 2.19. The summed E-state index contributed by atoms with van der Waals surface area (Å²) in [5, 5.41) is 0. The lowest BCUT2D eigenvalue weighted by atomic mass is 10.1. The van der Waals surface area contributed by atoms with E-state index in [0.29, 0.717) is 19.0 Å². The van der Waals surface area contributed by atoms with E-state index >= 15 is 0 Å². The second-order valence-corrected chi connectivity index (χ2v) is 7.53. The first-order valence-corrected chi connectivity index (χ1v) is 9.61. The van der Waals surface area contributed by atoms with Crippen molar-refractivity contribution in [1.29, 1.82) is 0 Å². The van der Waals surface area contributed by atoms with Gasteiger partial charge in [-0.15, -0.1) is 0 Å². The molecule has 0 saturated heterocycles. The van der Waals surface area contributed by atoms with Gasteiger partial charge in [-0.05, 0) is 45.0 Å². The van der Waals surface area contributed by atoms with Crippen molar-refractivity contribution in [2.45, 2.75) is 52.4 Å². The first-order chi connectivity index (χ1) is 13.0. The maximum atomic E-state index is 12.9. The Kier molecular flexibility index (Phi) is 6.16. The van der Waals surface area contributed by atoms with Crippen LogP contribution in [0.2, 0.25) is 0 Å². The molecule has 0 radical (unpaired) electrons. The van der Waals surface area contributed by atoms with E-state index in [0.717, 1.165) is 43.1 Å². The van der Waals surface area contributed by atoms with Gasteiger partial charge in [0.2, 0.25) is 5.91 Å². The van der Waals surface area contributed by atoms with Crippen molar-refractivity contribution in [2.24, 2.45) is 0 Å². The SMILES string of the molecule is COc1ccc(CC(=O)N2CCCn3cnc(CN(C)C(C)C)c3C2)cc1. The molecule has 1 aromatic carbocycles. The van der Waals surface area contributed by atoms with E-state index in [9.17, 15) is 4.79 Å². The van der Waals surface area contributed by atoms with E-state index in [4.69, 9.17) is 4.74 Å². The van der Waals surface area contributed by atoms with E-state index in [1.54, 1.807) is 7.11 Å². The Bertz CT molecular complexity index is 767. The molecule has 1 aliphatic rings. The number of hydrogen-bond acceptors (Lipinski definition) is 4. The predicted octanol–water partition coefficient (Wildman–Crippen LogP) is 2.71. The number of aryl methyl sites for hydroxylation is 1. The number of benzene rings is 1. The Balaban J connectivity index is 1.71. The van der Waals surface area contributed by atoms with E-state index < -0.39 is 0 Å². The summed E-state index contributed by atoms with van der Waals surface area (Å²) < 4.78 is 7.40. The lowest BCUT2D eigenvalue weighted by Crippen LogP contribution is -2.33. The molecule has 1 amide bonds. The van der Waals surface area contributed by atoms with Crippen molar-refractivity contribution in [3.63, 3.8) is 0 Å². The van der Waals surface area contributed by atoms with Gasteiger partial charge >= 0.3 is 0 Å². The van der Waals surface area contributed by atoms with E-state index in [1.165, 1.54) is 5.69 Å². The summed E-state index contributed by atoms with van der Waals surface area (Å²) in [4.78, 5) is 21.8. The minimum Gasteiger partial charge on any atom is -0.497 e. The molecule has 146 valence electrons. The molecule has 1 aromatic heterocycles. The molecule has 1 aliphatic heterocycles. The third-order valence-electron chi connectivity index (χ3n) is 5.35. The number of aromatic nitrogens is 2. The molecule has 27 heavy (non-hydrogen) atoms. The molecule has 0 N–H and O–H groups in total. The number of imidazole rings is 1. The molecular formula is C21H30N4O2. The van der Waals surface area contributed by atoms with Crippen LogP contribution in [0.15, 0.2) is 30.6 Å². The molecule has 0 unspecified atom stereocenters. The number of carbonyl (C=O) groups excluding carboxylic acids is 1. The van der Waals surface area contributed by atoms with Gasteiger partial charge in [0.05, 0.1) is 37.8 Å². The van der Waals surface area contributed by atoms with Crippen LogP contribution in [0.1, 0.15) is 37.2 Å². The molecule has 0 saturated carbocycles. The van der Waals surface area contributed by atoms with Crippen LogP contribution in [0.25, 0.3) is 0 Å². The molecule has 2 aromatic rings. The number of fused-ring (bicyclic) bond motifs is 1. The summed E-state index contributed by atoms with van der Waals surface area (Å²) in [6.45, 7) is 7.51. The summed E-state index contributed by atoms with van der Waals surface area (Å²) in [6.07, 6.45) is 3.30. The Morgan fingerprint density at radius 2 is 2.00 bits per heavy atom. The fourth-order valence-electron chi connectivity index (χ4n) is 3.31. The van der Waals surface area contributed by atoms with Crippen molar-refractivity contribution in [3.8, 4) is 5.75 Å². The second kappa shape index (κ2) is 8.57. The Morgan fingerprint density at radius 1 is 1.26 bits per heavy atom. The molecule has 0 fully saturated rings. The number of amides is 1. The Morgan fingerprint density at radius 3 is 2.67 bits per heavy atom. The molecule has 2 heterocycles. The second-order valence-electron chi connectivity index (χ2n) is 7.53. The van der Waals surface area contributed by atoms with Crippen LogP contribution in [0, 0.1) is 0 Å². The standard InChI is InChI=1S/C21H30N4O2/c1-16(2)23(3)13-19-20-14-24(10-5-11-25(20)15-22-19)21(26)12-17-6-8-18(27-4)9-7-17/h6-9,15-16H,5,10-14H2,1-4H3. The summed E-state index contributed by atoms with van der Waals surface area (Å²) >= 11 is 0. The maximum Gasteiger partial charge on any atom is 0.227 e.